The van der Waals surface area contributed by atoms with Gasteiger partial charge in [0, 0.05) is 42.8 Å². The van der Waals surface area contributed by atoms with Crippen molar-refractivity contribution in [1.82, 2.24) is 9.88 Å². The molecule has 1 aromatic heterocycles. The van der Waals surface area contributed by atoms with Crippen LogP contribution in [0.15, 0.2) is 64.5 Å². The third-order valence-corrected chi connectivity index (χ3v) is 6.93. The molecule has 3 aromatic rings. The van der Waals surface area contributed by atoms with Crippen molar-refractivity contribution in [2.75, 3.05) is 38.1 Å². The molecule has 0 spiro atoms. The zero-order valence-corrected chi connectivity index (χ0v) is 16.5. The van der Waals surface area contributed by atoms with Crippen molar-refractivity contribution in [3.05, 3.63) is 59.8 Å². The first-order valence-electron chi connectivity index (χ1n) is 8.78. The van der Waals surface area contributed by atoms with Crippen LogP contribution in [0.4, 0.5) is 5.69 Å². The summed E-state index contributed by atoms with van der Waals surface area (Å²) in [5.74, 6) is 0. The number of halogens is 1. The third-order valence-electron chi connectivity index (χ3n) is 4.94. The maximum atomic E-state index is 12.9. The molecule has 2 heterocycles. The van der Waals surface area contributed by atoms with Crippen molar-refractivity contribution in [3.8, 4) is 0 Å². The second-order valence-corrected chi connectivity index (χ2v) is 9.15. The second kappa shape index (κ2) is 7.11. The van der Waals surface area contributed by atoms with Gasteiger partial charge in [-0.3, -0.25) is 4.98 Å². The van der Waals surface area contributed by atoms with Gasteiger partial charge in [-0.1, -0.05) is 23.7 Å². The summed E-state index contributed by atoms with van der Waals surface area (Å²) in [4.78, 5) is 9.53. The number of para-hydroxylation sites is 1. The average Bonchev–Trinajstić information content (AvgIpc) is 2.68. The number of likely N-dealkylation sites (N-methyl/N-ethyl adjacent to an activating group) is 1. The van der Waals surface area contributed by atoms with E-state index in [4.69, 9.17) is 11.6 Å². The molecule has 2 aromatic carbocycles. The highest BCUT2D eigenvalue weighted by molar-refractivity contribution is 7.91. The van der Waals surface area contributed by atoms with E-state index >= 15 is 0 Å². The lowest BCUT2D eigenvalue weighted by molar-refractivity contribution is 0.313. The van der Waals surface area contributed by atoms with Crippen LogP contribution < -0.4 is 4.90 Å². The van der Waals surface area contributed by atoms with E-state index in [1.165, 1.54) is 18.3 Å². The van der Waals surface area contributed by atoms with Crippen LogP contribution in [0.1, 0.15) is 0 Å². The molecular formula is C20H20ClN3O2S. The summed E-state index contributed by atoms with van der Waals surface area (Å²) in [6.45, 7) is 3.86. The first-order chi connectivity index (χ1) is 12.9. The Balaban J connectivity index is 1.74. The van der Waals surface area contributed by atoms with Crippen molar-refractivity contribution in [1.29, 1.82) is 0 Å². The van der Waals surface area contributed by atoms with E-state index < -0.39 is 9.84 Å². The molecule has 0 unspecified atom stereocenters. The van der Waals surface area contributed by atoms with Crippen molar-refractivity contribution in [2.45, 2.75) is 9.79 Å². The molecule has 0 atom stereocenters. The quantitative estimate of drug-likeness (QED) is 0.672. The van der Waals surface area contributed by atoms with Crippen molar-refractivity contribution >= 4 is 38.0 Å². The van der Waals surface area contributed by atoms with Gasteiger partial charge >= 0.3 is 0 Å². The fourth-order valence-corrected chi connectivity index (χ4v) is 4.69. The molecule has 1 fully saturated rings. The fraction of sp³-hybridized carbons (Fsp3) is 0.250. The summed E-state index contributed by atoms with van der Waals surface area (Å²) >= 11 is 5.87. The number of piperazine rings is 1. The molecule has 27 heavy (non-hydrogen) atoms. The number of rotatable bonds is 3. The first kappa shape index (κ1) is 18.2. The molecule has 1 aliphatic rings. The van der Waals surface area contributed by atoms with E-state index in [-0.39, 0.29) is 9.79 Å². The Morgan fingerprint density at radius 1 is 0.963 bits per heavy atom. The molecule has 1 aliphatic heterocycles. The zero-order valence-electron chi connectivity index (χ0n) is 15.0. The summed E-state index contributed by atoms with van der Waals surface area (Å²) in [5.41, 5.74) is 1.88. The Morgan fingerprint density at radius 3 is 2.37 bits per heavy atom. The van der Waals surface area contributed by atoms with Crippen LogP contribution in [-0.2, 0) is 9.84 Å². The maximum absolute atomic E-state index is 12.9. The fourth-order valence-electron chi connectivity index (χ4n) is 3.32. The summed E-state index contributed by atoms with van der Waals surface area (Å²) in [5, 5.41) is 1.32. The Kier molecular flexibility index (Phi) is 4.80. The molecule has 0 amide bonds. The molecule has 1 saturated heterocycles. The van der Waals surface area contributed by atoms with Crippen LogP contribution in [0.3, 0.4) is 0 Å². The highest BCUT2D eigenvalue weighted by Crippen LogP contribution is 2.29. The lowest BCUT2D eigenvalue weighted by Gasteiger charge is -2.34. The highest BCUT2D eigenvalue weighted by atomic mass is 35.5. The Morgan fingerprint density at radius 2 is 1.67 bits per heavy atom. The van der Waals surface area contributed by atoms with E-state index in [1.54, 1.807) is 18.2 Å². The summed E-state index contributed by atoms with van der Waals surface area (Å²) in [7, 11) is -1.52. The van der Waals surface area contributed by atoms with E-state index in [0.717, 1.165) is 42.8 Å². The monoisotopic (exact) mass is 401 g/mol. The molecule has 0 aliphatic carbocycles. The summed E-state index contributed by atoms with van der Waals surface area (Å²) < 4.78 is 25.8. The van der Waals surface area contributed by atoms with Gasteiger partial charge in [0.2, 0.25) is 9.84 Å². The van der Waals surface area contributed by atoms with Crippen LogP contribution in [-0.4, -0.2) is 51.5 Å². The van der Waals surface area contributed by atoms with Crippen molar-refractivity contribution in [2.24, 2.45) is 0 Å². The Hall–Kier alpha value is -2.15. The van der Waals surface area contributed by atoms with Crippen molar-refractivity contribution < 1.29 is 8.42 Å². The van der Waals surface area contributed by atoms with E-state index in [9.17, 15) is 8.42 Å². The number of fused-ring (bicyclic) bond motifs is 1. The second-order valence-electron chi connectivity index (χ2n) is 6.77. The summed E-state index contributed by atoms with van der Waals surface area (Å²) in [6, 6.07) is 13.8. The van der Waals surface area contributed by atoms with E-state index in [2.05, 4.69) is 21.8 Å². The minimum absolute atomic E-state index is 0.188. The normalized spacial score (nSPS) is 16.0. The van der Waals surface area contributed by atoms with Gasteiger partial charge in [-0.05, 0) is 43.4 Å². The molecule has 0 saturated carbocycles. The maximum Gasteiger partial charge on any atom is 0.208 e. The number of hydrogen-bond acceptors (Lipinski definition) is 5. The number of hydrogen-bond donors (Lipinski definition) is 0. The van der Waals surface area contributed by atoms with Gasteiger partial charge in [0.05, 0.1) is 21.0 Å². The van der Waals surface area contributed by atoms with Crippen LogP contribution in [0.25, 0.3) is 10.9 Å². The largest absolute Gasteiger partial charge is 0.367 e. The topological polar surface area (TPSA) is 53.5 Å². The average molecular weight is 402 g/mol. The number of sulfone groups is 1. The number of aromatic nitrogens is 1. The molecule has 0 radical (unpaired) electrons. The van der Waals surface area contributed by atoms with Crippen LogP contribution in [0.2, 0.25) is 5.02 Å². The van der Waals surface area contributed by atoms with Crippen LogP contribution >= 0.6 is 11.6 Å². The first-order valence-corrected chi connectivity index (χ1v) is 10.6. The SMILES string of the molecule is CN1CCN(c2cccc3cc(S(=O)(=O)c4ccc(Cl)cc4)cnc23)CC1. The number of nitrogens with zero attached hydrogens (tertiary/aromatic N) is 3. The van der Waals surface area contributed by atoms with Gasteiger partial charge < -0.3 is 9.80 Å². The minimum atomic E-state index is -3.63. The summed E-state index contributed by atoms with van der Waals surface area (Å²) in [6.07, 6.45) is 1.45. The Bertz CT molecular complexity index is 1080. The molecule has 0 N–H and O–H groups in total. The van der Waals surface area contributed by atoms with Gasteiger partial charge in [-0.25, -0.2) is 8.42 Å². The van der Waals surface area contributed by atoms with Gasteiger partial charge in [0.15, 0.2) is 0 Å². The third kappa shape index (κ3) is 3.52. The Labute approximate surface area is 164 Å². The molecule has 4 rings (SSSR count). The van der Waals surface area contributed by atoms with Gasteiger partial charge in [0.1, 0.15) is 0 Å². The van der Waals surface area contributed by atoms with Gasteiger partial charge in [-0.15, -0.1) is 0 Å². The van der Waals surface area contributed by atoms with Crippen molar-refractivity contribution in [3.63, 3.8) is 0 Å². The van der Waals surface area contributed by atoms with Crippen LogP contribution in [0.5, 0.6) is 0 Å². The minimum Gasteiger partial charge on any atom is -0.367 e. The number of benzene rings is 2. The van der Waals surface area contributed by atoms with Gasteiger partial charge in [0.25, 0.3) is 0 Å². The molecule has 7 heteroatoms. The molecule has 0 bridgehead atoms. The van der Waals surface area contributed by atoms with E-state index in [0.29, 0.717) is 5.02 Å². The smallest absolute Gasteiger partial charge is 0.208 e. The van der Waals surface area contributed by atoms with Crippen LogP contribution in [0, 0.1) is 0 Å². The molecule has 140 valence electrons. The number of pyridine rings is 1. The standard InChI is InChI=1S/C20H20ClN3O2S/c1-23-9-11-24(12-10-23)19-4-2-3-15-13-18(14-22-20(15)19)27(25,26)17-7-5-16(21)6-8-17/h2-8,13-14H,9-12H2,1H3. The zero-order chi connectivity index (χ0) is 19.0. The highest BCUT2D eigenvalue weighted by Gasteiger charge is 2.21. The molecule has 5 nitrogen and oxygen atoms in total. The van der Waals surface area contributed by atoms with E-state index in [1.807, 2.05) is 18.2 Å². The predicted molar refractivity (Wildman–Crippen MR) is 108 cm³/mol. The lowest BCUT2D eigenvalue weighted by Crippen LogP contribution is -2.44. The number of anilines is 1. The van der Waals surface area contributed by atoms with Gasteiger partial charge in [-0.2, -0.15) is 0 Å². The predicted octanol–water partition coefficient (Wildman–Crippen LogP) is 3.47. The molecular weight excluding hydrogens is 382 g/mol. The lowest BCUT2D eigenvalue weighted by atomic mass is 10.1.